The lowest BCUT2D eigenvalue weighted by Crippen LogP contribution is -2.38. The van der Waals surface area contributed by atoms with E-state index >= 15 is 0 Å². The van der Waals surface area contributed by atoms with Gasteiger partial charge < -0.3 is 24.6 Å². The summed E-state index contributed by atoms with van der Waals surface area (Å²) in [6.45, 7) is 5.74. The Bertz CT molecular complexity index is 1790. The zero-order valence-corrected chi connectivity index (χ0v) is 27.9. The van der Waals surface area contributed by atoms with Crippen molar-refractivity contribution in [2.24, 2.45) is 11.8 Å². The minimum absolute atomic E-state index is 0.00651. The van der Waals surface area contributed by atoms with Crippen molar-refractivity contribution in [3.63, 3.8) is 0 Å². The van der Waals surface area contributed by atoms with Crippen LogP contribution < -0.4 is 10.1 Å². The maximum Gasteiger partial charge on any atom is 0.290 e. The van der Waals surface area contributed by atoms with Gasteiger partial charge >= 0.3 is 0 Å². The highest BCUT2D eigenvalue weighted by molar-refractivity contribution is 7.89. The van der Waals surface area contributed by atoms with Crippen LogP contribution in [0.3, 0.4) is 0 Å². The number of thiazole rings is 1. The second-order valence-electron chi connectivity index (χ2n) is 11.4. The largest absolute Gasteiger partial charge is 0.497 e. The van der Waals surface area contributed by atoms with E-state index in [2.05, 4.69) is 32.2 Å². The van der Waals surface area contributed by atoms with Crippen LogP contribution in [0.25, 0.3) is 20.8 Å². The average Bonchev–Trinajstić information content (AvgIpc) is 3.47. The number of nitrogens with one attached hydrogen (secondary N) is 1. The molecule has 0 unspecified atom stereocenters. The predicted octanol–water partition coefficient (Wildman–Crippen LogP) is 5.82. The molecule has 0 saturated carbocycles. The molecule has 0 radical (unpaired) electrons. The smallest absolute Gasteiger partial charge is 0.290 e. The Morgan fingerprint density at radius 1 is 1.11 bits per heavy atom. The summed E-state index contributed by atoms with van der Waals surface area (Å²) in [4.78, 5) is 18.1. The molecule has 0 bridgehead atoms. The molecule has 1 amide bonds. The maximum atomic E-state index is 13.3. The monoisotopic (exact) mass is 665 g/mol. The highest BCUT2D eigenvalue weighted by atomic mass is 32.2. The Kier molecular flexibility index (Phi) is 10.7. The first-order valence-corrected chi connectivity index (χ1v) is 17.4. The number of aryl methyl sites for hydroxylation is 1. The van der Waals surface area contributed by atoms with Gasteiger partial charge in [0.05, 0.1) is 35.4 Å². The summed E-state index contributed by atoms with van der Waals surface area (Å²) in [6, 6.07) is 19.8. The minimum Gasteiger partial charge on any atom is -0.497 e. The topological polar surface area (TPSA) is 127 Å². The van der Waals surface area contributed by atoms with Crippen LogP contribution in [0.15, 0.2) is 83.5 Å². The second kappa shape index (κ2) is 14.7. The van der Waals surface area contributed by atoms with Gasteiger partial charge in [-0.1, -0.05) is 19.9 Å². The molecule has 2 heterocycles. The summed E-state index contributed by atoms with van der Waals surface area (Å²) in [5, 5.41) is 13.4. The molecule has 1 aliphatic rings. The zero-order chi connectivity index (χ0) is 32.8. The van der Waals surface area contributed by atoms with Crippen molar-refractivity contribution >= 4 is 43.2 Å². The SMILES string of the molecule is COc1ccc(S(=O)(=O)N(CCO)CCO[C@@H]2C[C@H](C(C)C)C=C(C(=O)Nc3ccc(-c4nc5ccc(C)cc5s4)cc3)O2)cc1. The number of benzene rings is 3. The van der Waals surface area contributed by atoms with Crippen molar-refractivity contribution in [1.82, 2.24) is 9.29 Å². The number of carbonyl (C=O) groups excluding carboxylic acids is 1. The number of aromatic nitrogens is 1. The number of hydrogen-bond acceptors (Lipinski definition) is 9. The van der Waals surface area contributed by atoms with Crippen LogP contribution in [0.2, 0.25) is 0 Å². The van der Waals surface area contributed by atoms with Crippen LogP contribution in [0.5, 0.6) is 5.75 Å². The van der Waals surface area contributed by atoms with Gasteiger partial charge in [0.1, 0.15) is 10.8 Å². The van der Waals surface area contributed by atoms with Crippen molar-refractivity contribution in [2.75, 3.05) is 38.7 Å². The Labute approximate surface area is 273 Å². The molecule has 0 saturated heterocycles. The molecule has 0 spiro atoms. The molecular formula is C34H39N3O7S2. The van der Waals surface area contributed by atoms with Gasteiger partial charge in [-0.05, 0) is 91.1 Å². The number of rotatable bonds is 13. The maximum absolute atomic E-state index is 13.3. The van der Waals surface area contributed by atoms with E-state index in [9.17, 15) is 18.3 Å². The molecule has 5 rings (SSSR count). The molecule has 12 heteroatoms. The summed E-state index contributed by atoms with van der Waals surface area (Å²) < 4.78 is 45.8. The highest BCUT2D eigenvalue weighted by Gasteiger charge is 2.30. The van der Waals surface area contributed by atoms with E-state index in [-0.39, 0.29) is 48.8 Å². The van der Waals surface area contributed by atoms with Gasteiger partial charge in [0.2, 0.25) is 16.3 Å². The number of anilines is 1. The fourth-order valence-corrected chi connectivity index (χ4v) is 7.58. The summed E-state index contributed by atoms with van der Waals surface area (Å²) >= 11 is 1.63. The Balaban J connectivity index is 1.21. The molecule has 3 aromatic carbocycles. The molecule has 244 valence electrons. The number of allylic oxidation sites excluding steroid dienone is 1. The fourth-order valence-electron chi connectivity index (χ4n) is 5.10. The number of fused-ring (bicyclic) bond motifs is 1. The second-order valence-corrected chi connectivity index (χ2v) is 14.4. The van der Waals surface area contributed by atoms with Crippen LogP contribution >= 0.6 is 11.3 Å². The molecule has 10 nitrogen and oxygen atoms in total. The number of carbonyl (C=O) groups is 1. The number of aliphatic hydroxyl groups excluding tert-OH is 1. The van der Waals surface area contributed by atoms with E-state index in [1.807, 2.05) is 42.5 Å². The summed E-state index contributed by atoms with van der Waals surface area (Å²) in [5.74, 6) is 0.525. The number of methoxy groups -OCH3 is 1. The van der Waals surface area contributed by atoms with Crippen LogP contribution in [0.1, 0.15) is 25.8 Å². The fraction of sp³-hybridized carbons (Fsp3) is 0.353. The van der Waals surface area contributed by atoms with Crippen LogP contribution in [0, 0.1) is 18.8 Å². The van der Waals surface area contributed by atoms with E-state index in [0.717, 1.165) is 20.8 Å². The van der Waals surface area contributed by atoms with Crippen molar-refractivity contribution in [3.05, 3.63) is 84.1 Å². The van der Waals surface area contributed by atoms with Crippen molar-refractivity contribution in [1.29, 1.82) is 0 Å². The lowest BCUT2D eigenvalue weighted by Gasteiger charge is -2.31. The standard InChI is InChI=1S/C34H39N3O7S2/c1-22(2)25-20-30(33(39)35-26-8-6-24(7-9-26)34-36-29-14-5-23(3)19-31(29)45-34)44-32(21-25)43-18-16-37(15-17-38)46(40,41)28-12-10-27(42-4)11-13-28/h5-14,19-20,22,25,32,38H,15-18,21H2,1-4H3,(H,35,39)/t25-,32+/m1/s1. The molecule has 1 aromatic heterocycles. The number of sulfonamides is 1. The quantitative estimate of drug-likeness (QED) is 0.183. The van der Waals surface area contributed by atoms with Gasteiger partial charge in [-0.15, -0.1) is 11.3 Å². The Hall–Kier alpha value is -3.81. The zero-order valence-electron chi connectivity index (χ0n) is 26.3. The number of amides is 1. The Morgan fingerprint density at radius 3 is 2.52 bits per heavy atom. The minimum atomic E-state index is -3.89. The highest BCUT2D eigenvalue weighted by Crippen LogP contribution is 2.32. The van der Waals surface area contributed by atoms with Crippen LogP contribution in [-0.4, -0.2) is 68.4 Å². The van der Waals surface area contributed by atoms with E-state index in [0.29, 0.717) is 17.9 Å². The molecule has 2 N–H and O–H groups in total. The van der Waals surface area contributed by atoms with Crippen molar-refractivity contribution < 1.29 is 32.5 Å². The normalized spacial score (nSPS) is 16.8. The first-order valence-electron chi connectivity index (χ1n) is 15.1. The lowest BCUT2D eigenvalue weighted by molar-refractivity contribution is -0.148. The summed E-state index contributed by atoms with van der Waals surface area (Å²) in [5.41, 5.74) is 3.72. The summed E-state index contributed by atoms with van der Waals surface area (Å²) in [6.07, 6.45) is 1.59. The van der Waals surface area contributed by atoms with Gasteiger partial charge in [0, 0.05) is 30.8 Å². The molecule has 2 atom stereocenters. The van der Waals surface area contributed by atoms with E-state index in [1.165, 1.54) is 29.1 Å². The number of nitrogens with zero attached hydrogens (tertiary/aromatic N) is 2. The van der Waals surface area contributed by atoms with Crippen LogP contribution in [0.4, 0.5) is 5.69 Å². The third-order valence-corrected chi connectivity index (χ3v) is 10.8. The molecule has 0 fully saturated rings. The average molecular weight is 666 g/mol. The lowest BCUT2D eigenvalue weighted by atomic mass is 9.90. The van der Waals surface area contributed by atoms with Crippen LogP contribution in [-0.2, 0) is 24.3 Å². The molecule has 4 aromatic rings. The molecular weight excluding hydrogens is 627 g/mol. The molecule has 46 heavy (non-hydrogen) atoms. The molecule has 0 aliphatic carbocycles. The first kappa shape index (κ1) is 33.6. The predicted molar refractivity (Wildman–Crippen MR) is 179 cm³/mol. The van der Waals surface area contributed by atoms with Gasteiger partial charge in [-0.2, -0.15) is 4.31 Å². The third-order valence-electron chi connectivity index (χ3n) is 7.79. The van der Waals surface area contributed by atoms with E-state index in [4.69, 9.17) is 19.2 Å². The third kappa shape index (κ3) is 7.94. The van der Waals surface area contributed by atoms with Crippen molar-refractivity contribution in [3.8, 4) is 16.3 Å². The Morgan fingerprint density at radius 2 is 1.85 bits per heavy atom. The number of aliphatic hydroxyl groups is 1. The van der Waals surface area contributed by atoms with E-state index in [1.54, 1.807) is 23.5 Å². The molecule has 1 aliphatic heterocycles. The summed E-state index contributed by atoms with van der Waals surface area (Å²) in [7, 11) is -2.38. The van der Waals surface area contributed by atoms with Crippen molar-refractivity contribution in [2.45, 2.75) is 38.4 Å². The van der Waals surface area contributed by atoms with Gasteiger partial charge in [-0.3, -0.25) is 4.79 Å². The van der Waals surface area contributed by atoms with Gasteiger partial charge in [0.15, 0.2) is 5.76 Å². The first-order chi connectivity index (χ1) is 22.1. The number of ether oxygens (including phenoxy) is 3. The number of hydrogen-bond donors (Lipinski definition) is 2. The van der Waals surface area contributed by atoms with Gasteiger partial charge in [-0.25, -0.2) is 13.4 Å². The van der Waals surface area contributed by atoms with E-state index < -0.39 is 22.2 Å². The van der Waals surface area contributed by atoms with Gasteiger partial charge in [0.25, 0.3) is 5.91 Å².